The van der Waals surface area contributed by atoms with E-state index < -0.39 is 0 Å². The highest BCUT2D eigenvalue weighted by molar-refractivity contribution is 8.03. The van der Waals surface area contributed by atoms with Crippen molar-refractivity contribution in [1.29, 1.82) is 0 Å². The summed E-state index contributed by atoms with van der Waals surface area (Å²) < 4.78 is 10.6. The number of thioether (sulfide) groups is 1. The van der Waals surface area contributed by atoms with E-state index in [1.54, 1.807) is 18.9 Å². The van der Waals surface area contributed by atoms with Crippen molar-refractivity contribution >= 4 is 23.4 Å². The summed E-state index contributed by atoms with van der Waals surface area (Å²) in [6.45, 7) is 13.9. The molecule has 1 N–H and O–H groups in total. The smallest absolute Gasteiger partial charge is 0.223 e. The number of hydrogen-bond acceptors (Lipinski definition) is 5. The number of nitrogens with zero attached hydrogens (tertiary/aromatic N) is 1. The standard InChI is InChI=1S/C28H36N2O3S/c1-7-23(32-6)15-13-20(3)19-25-24-11-9-10-12-26(24)34-28(22(5)30-25)21(4)14-16-27(31)29-17-18-33-8-2/h7,9-15H,3,8,16-19H2,1-2,4-6H3,(H,29,31)/b15-13-,21-14-,23-7+. The first-order valence-electron chi connectivity index (χ1n) is 11.5. The van der Waals surface area contributed by atoms with Gasteiger partial charge in [-0.2, -0.15) is 0 Å². The van der Waals surface area contributed by atoms with Gasteiger partial charge in [-0.05, 0) is 57.1 Å². The van der Waals surface area contributed by atoms with E-state index in [9.17, 15) is 4.79 Å². The van der Waals surface area contributed by atoms with Gasteiger partial charge >= 0.3 is 0 Å². The fourth-order valence-corrected chi connectivity index (χ4v) is 4.47. The third-order valence-corrected chi connectivity index (χ3v) is 6.56. The molecule has 2 rings (SSSR count). The molecule has 1 aromatic carbocycles. The summed E-state index contributed by atoms with van der Waals surface area (Å²) in [6.07, 6.45) is 8.71. The van der Waals surface area contributed by atoms with Crippen LogP contribution in [0.5, 0.6) is 0 Å². The number of carbonyl (C=O) groups is 1. The van der Waals surface area contributed by atoms with Crippen LogP contribution in [-0.4, -0.2) is 38.5 Å². The molecule has 1 aliphatic heterocycles. The van der Waals surface area contributed by atoms with Gasteiger partial charge in [-0.15, -0.1) is 0 Å². The van der Waals surface area contributed by atoms with Crippen LogP contribution >= 0.6 is 11.8 Å². The molecule has 0 spiro atoms. The van der Waals surface area contributed by atoms with E-state index in [2.05, 4.69) is 24.0 Å². The van der Waals surface area contributed by atoms with Crippen molar-refractivity contribution in [1.82, 2.24) is 5.32 Å². The Labute approximate surface area is 208 Å². The second-order valence-corrected chi connectivity index (χ2v) is 8.83. The van der Waals surface area contributed by atoms with Gasteiger partial charge in [-0.3, -0.25) is 9.79 Å². The van der Waals surface area contributed by atoms with Crippen LogP contribution in [0.3, 0.4) is 0 Å². The number of amides is 1. The number of hydrogen-bond donors (Lipinski definition) is 1. The molecule has 1 heterocycles. The number of rotatable bonds is 12. The van der Waals surface area contributed by atoms with Crippen LogP contribution in [0.1, 0.15) is 46.1 Å². The molecule has 1 amide bonds. The summed E-state index contributed by atoms with van der Waals surface area (Å²) in [5.74, 6) is 0.779. The molecule has 0 fully saturated rings. The van der Waals surface area contributed by atoms with Crippen LogP contribution < -0.4 is 5.32 Å². The lowest BCUT2D eigenvalue weighted by atomic mass is 10.0. The van der Waals surface area contributed by atoms with Crippen molar-refractivity contribution in [2.24, 2.45) is 4.99 Å². The maximum atomic E-state index is 12.2. The van der Waals surface area contributed by atoms with Crippen LogP contribution in [-0.2, 0) is 14.3 Å². The Hall–Kier alpha value is -2.83. The molecular weight excluding hydrogens is 444 g/mol. The number of benzene rings is 1. The van der Waals surface area contributed by atoms with Gasteiger partial charge in [0.15, 0.2) is 0 Å². The molecule has 1 aliphatic rings. The van der Waals surface area contributed by atoms with E-state index in [-0.39, 0.29) is 5.91 Å². The van der Waals surface area contributed by atoms with E-state index in [1.165, 1.54) is 0 Å². The highest BCUT2D eigenvalue weighted by atomic mass is 32.2. The van der Waals surface area contributed by atoms with Crippen LogP contribution in [0.4, 0.5) is 0 Å². The summed E-state index contributed by atoms with van der Waals surface area (Å²) in [7, 11) is 1.65. The molecule has 5 nitrogen and oxygen atoms in total. The van der Waals surface area contributed by atoms with Gasteiger partial charge in [-0.1, -0.05) is 48.7 Å². The third kappa shape index (κ3) is 8.50. The summed E-state index contributed by atoms with van der Waals surface area (Å²) in [5, 5.41) is 2.88. The van der Waals surface area contributed by atoms with Crippen molar-refractivity contribution in [3.63, 3.8) is 0 Å². The maximum absolute atomic E-state index is 12.2. The molecule has 182 valence electrons. The number of allylic oxidation sites excluding steroid dienone is 6. The topological polar surface area (TPSA) is 59.9 Å². The van der Waals surface area contributed by atoms with Crippen molar-refractivity contribution in [2.45, 2.75) is 45.4 Å². The molecule has 0 radical (unpaired) electrons. The number of ether oxygens (including phenoxy) is 2. The number of fused-ring (bicyclic) bond motifs is 1. The summed E-state index contributed by atoms with van der Waals surface area (Å²) in [4.78, 5) is 19.4. The largest absolute Gasteiger partial charge is 0.497 e. The first kappa shape index (κ1) is 27.4. The Balaban J connectivity index is 2.23. The van der Waals surface area contributed by atoms with Gasteiger partial charge in [0.05, 0.1) is 25.1 Å². The number of methoxy groups -OCH3 is 1. The van der Waals surface area contributed by atoms with Gasteiger partial charge < -0.3 is 14.8 Å². The molecule has 34 heavy (non-hydrogen) atoms. The number of nitrogens with one attached hydrogen (secondary N) is 1. The first-order chi connectivity index (χ1) is 16.4. The fourth-order valence-electron chi connectivity index (χ4n) is 3.37. The van der Waals surface area contributed by atoms with Gasteiger partial charge in [0.1, 0.15) is 5.76 Å². The van der Waals surface area contributed by atoms with Gasteiger partial charge in [-0.25, -0.2) is 0 Å². The minimum atomic E-state index is -0.0137. The average Bonchev–Trinajstić information content (AvgIpc) is 2.97. The molecule has 0 aromatic heterocycles. The zero-order chi connectivity index (χ0) is 24.9. The molecule has 0 bridgehead atoms. The molecule has 0 saturated heterocycles. The highest BCUT2D eigenvalue weighted by Crippen LogP contribution is 2.39. The number of carbonyl (C=O) groups excluding carboxylic acids is 1. The van der Waals surface area contributed by atoms with E-state index in [0.29, 0.717) is 32.6 Å². The van der Waals surface area contributed by atoms with E-state index in [1.807, 2.05) is 64.1 Å². The monoisotopic (exact) mass is 480 g/mol. The Morgan fingerprint density at radius 2 is 2.03 bits per heavy atom. The van der Waals surface area contributed by atoms with Gasteiger partial charge in [0.25, 0.3) is 0 Å². The lowest BCUT2D eigenvalue weighted by Gasteiger charge is -2.11. The van der Waals surface area contributed by atoms with Crippen molar-refractivity contribution in [2.75, 3.05) is 26.9 Å². The lowest BCUT2D eigenvalue weighted by Crippen LogP contribution is -2.26. The molecule has 1 aromatic rings. The third-order valence-electron chi connectivity index (χ3n) is 5.16. The molecular formula is C28H36N2O3S. The summed E-state index contributed by atoms with van der Waals surface area (Å²) in [6, 6.07) is 8.29. The zero-order valence-corrected chi connectivity index (χ0v) is 21.8. The second kappa shape index (κ2) is 14.4. The molecule has 6 heteroatoms. The molecule has 0 saturated carbocycles. The van der Waals surface area contributed by atoms with Crippen LogP contribution in [0.2, 0.25) is 0 Å². The predicted octanol–water partition coefficient (Wildman–Crippen LogP) is 6.35. The predicted molar refractivity (Wildman–Crippen MR) is 143 cm³/mol. The maximum Gasteiger partial charge on any atom is 0.223 e. The van der Waals surface area contributed by atoms with E-state index in [4.69, 9.17) is 14.5 Å². The molecule has 0 aliphatic carbocycles. The normalized spacial score (nSPS) is 14.6. The molecule has 0 unspecified atom stereocenters. The summed E-state index contributed by atoms with van der Waals surface area (Å²) >= 11 is 1.69. The van der Waals surface area contributed by atoms with Gasteiger partial charge in [0.2, 0.25) is 5.91 Å². The molecule has 0 atom stereocenters. The van der Waals surface area contributed by atoms with Gasteiger partial charge in [0, 0.05) is 41.4 Å². The highest BCUT2D eigenvalue weighted by Gasteiger charge is 2.19. The van der Waals surface area contributed by atoms with E-state index in [0.717, 1.165) is 43.7 Å². The summed E-state index contributed by atoms with van der Waals surface area (Å²) in [5.41, 5.74) is 5.01. The van der Waals surface area contributed by atoms with Crippen LogP contribution in [0.15, 0.2) is 92.5 Å². The zero-order valence-electron chi connectivity index (χ0n) is 20.9. The van der Waals surface area contributed by atoms with Crippen molar-refractivity contribution < 1.29 is 14.3 Å². The first-order valence-corrected chi connectivity index (χ1v) is 12.3. The second-order valence-electron chi connectivity index (χ2n) is 7.77. The minimum absolute atomic E-state index is 0.0137. The van der Waals surface area contributed by atoms with Crippen LogP contribution in [0, 0.1) is 0 Å². The van der Waals surface area contributed by atoms with Crippen molar-refractivity contribution in [3.05, 3.63) is 88.2 Å². The average molecular weight is 481 g/mol. The number of aliphatic imine (C=N–C) groups is 1. The minimum Gasteiger partial charge on any atom is -0.497 e. The van der Waals surface area contributed by atoms with E-state index >= 15 is 0 Å². The van der Waals surface area contributed by atoms with Crippen molar-refractivity contribution in [3.8, 4) is 0 Å². The Morgan fingerprint density at radius 3 is 2.74 bits per heavy atom. The SMILES string of the molecule is C=C(/C=C\C(=C/C)OC)CC1=NC(C)=C(/C(C)=C\CC(=O)NCCOCC)Sc2ccccc21. The van der Waals surface area contributed by atoms with Crippen LogP contribution in [0.25, 0.3) is 0 Å². The Morgan fingerprint density at radius 1 is 1.26 bits per heavy atom. The fraction of sp³-hybridized carbons (Fsp3) is 0.357. The Kier molecular flexibility index (Phi) is 11.6. The Bertz CT molecular complexity index is 1030. The quantitative estimate of drug-likeness (QED) is 0.215. The lowest BCUT2D eigenvalue weighted by molar-refractivity contribution is -0.120.